The monoisotopic (exact) mass is 296 g/mol. The van der Waals surface area contributed by atoms with E-state index in [0.717, 1.165) is 17.0 Å². The Morgan fingerprint density at radius 3 is 2.48 bits per heavy atom. The molecule has 0 saturated carbocycles. The van der Waals surface area contributed by atoms with Gasteiger partial charge in [-0.15, -0.1) is 0 Å². The van der Waals surface area contributed by atoms with Crippen molar-refractivity contribution in [1.29, 1.82) is 0 Å². The summed E-state index contributed by atoms with van der Waals surface area (Å²) in [6.07, 6.45) is 0. The number of barbiturate groups is 1. The zero-order valence-electron chi connectivity index (χ0n) is 11.5. The first-order valence-electron chi connectivity index (χ1n) is 6.41. The smallest absolute Gasteiger partial charge is 0.277 e. The first kappa shape index (κ1) is 15.1. The molecule has 5 nitrogen and oxygen atoms in total. The van der Waals surface area contributed by atoms with Gasteiger partial charge in [-0.25, -0.2) is 13.6 Å². The number of hydrogen-bond donors (Lipinski definition) is 1. The van der Waals surface area contributed by atoms with Gasteiger partial charge < -0.3 is 0 Å². The maximum absolute atomic E-state index is 13.6. The number of amides is 4. The Kier molecular flexibility index (Phi) is 4.02. The summed E-state index contributed by atoms with van der Waals surface area (Å²) in [6, 6.07) is 1.97. The van der Waals surface area contributed by atoms with Crippen LogP contribution in [-0.2, 0) is 16.1 Å². The molecule has 1 unspecified atom stereocenters. The maximum atomic E-state index is 13.6. The molecule has 0 aliphatic carbocycles. The molecule has 2 rings (SSSR count). The molecule has 0 bridgehead atoms. The van der Waals surface area contributed by atoms with Crippen molar-refractivity contribution in [3.8, 4) is 0 Å². The Morgan fingerprint density at radius 1 is 1.24 bits per heavy atom. The summed E-state index contributed by atoms with van der Waals surface area (Å²) in [5, 5.41) is 2.07. The fourth-order valence-corrected chi connectivity index (χ4v) is 2.19. The van der Waals surface area contributed by atoms with Crippen LogP contribution in [0.3, 0.4) is 0 Å². The van der Waals surface area contributed by atoms with Crippen LogP contribution in [0, 0.1) is 23.5 Å². The molecule has 1 heterocycles. The van der Waals surface area contributed by atoms with Crippen LogP contribution >= 0.6 is 0 Å². The van der Waals surface area contributed by atoms with E-state index in [2.05, 4.69) is 5.32 Å². The highest BCUT2D eigenvalue weighted by molar-refractivity contribution is 6.16. The number of carbonyl (C=O) groups excluding carboxylic acids is 3. The van der Waals surface area contributed by atoms with E-state index in [4.69, 9.17) is 0 Å². The Balaban J connectivity index is 2.27. The van der Waals surface area contributed by atoms with Crippen LogP contribution < -0.4 is 5.32 Å². The number of imide groups is 2. The molecule has 1 aliphatic rings. The van der Waals surface area contributed by atoms with E-state index in [0.29, 0.717) is 6.07 Å². The van der Waals surface area contributed by atoms with Gasteiger partial charge in [0.2, 0.25) is 11.8 Å². The second kappa shape index (κ2) is 5.59. The number of nitrogens with one attached hydrogen (secondary N) is 1. The van der Waals surface area contributed by atoms with Gasteiger partial charge in [0.05, 0.1) is 6.54 Å². The summed E-state index contributed by atoms with van der Waals surface area (Å²) in [4.78, 5) is 36.4. The van der Waals surface area contributed by atoms with E-state index >= 15 is 0 Å². The van der Waals surface area contributed by atoms with Crippen molar-refractivity contribution in [3.05, 3.63) is 35.4 Å². The number of rotatable bonds is 3. The molecule has 112 valence electrons. The van der Waals surface area contributed by atoms with E-state index in [1.165, 1.54) is 0 Å². The van der Waals surface area contributed by atoms with Crippen LogP contribution in [0.2, 0.25) is 0 Å². The molecule has 1 aromatic carbocycles. The van der Waals surface area contributed by atoms with E-state index in [-0.39, 0.29) is 18.0 Å². The van der Waals surface area contributed by atoms with Crippen molar-refractivity contribution in [2.45, 2.75) is 20.4 Å². The van der Waals surface area contributed by atoms with Crippen LogP contribution in [0.1, 0.15) is 19.4 Å². The van der Waals surface area contributed by atoms with Crippen LogP contribution in [0.5, 0.6) is 0 Å². The molecule has 1 N–H and O–H groups in total. The third kappa shape index (κ3) is 2.91. The number of carbonyl (C=O) groups is 3. The van der Waals surface area contributed by atoms with Crippen molar-refractivity contribution in [1.82, 2.24) is 10.2 Å². The van der Waals surface area contributed by atoms with Gasteiger partial charge in [-0.1, -0.05) is 19.9 Å². The van der Waals surface area contributed by atoms with Crippen LogP contribution in [0.25, 0.3) is 0 Å². The summed E-state index contributed by atoms with van der Waals surface area (Å²) in [7, 11) is 0. The molecule has 1 fully saturated rings. The first-order chi connectivity index (χ1) is 9.81. The first-order valence-corrected chi connectivity index (χ1v) is 6.41. The van der Waals surface area contributed by atoms with Gasteiger partial charge in [-0.05, 0) is 12.0 Å². The molecule has 0 radical (unpaired) electrons. The Hall–Kier alpha value is -2.31. The van der Waals surface area contributed by atoms with Crippen molar-refractivity contribution in [3.63, 3.8) is 0 Å². The molecule has 1 aliphatic heterocycles. The second-order valence-corrected chi connectivity index (χ2v) is 5.18. The number of halogens is 2. The van der Waals surface area contributed by atoms with Crippen molar-refractivity contribution < 1.29 is 23.2 Å². The highest BCUT2D eigenvalue weighted by atomic mass is 19.1. The summed E-state index contributed by atoms with van der Waals surface area (Å²) < 4.78 is 26.5. The molecule has 0 aromatic heterocycles. The predicted molar refractivity (Wildman–Crippen MR) is 68.8 cm³/mol. The van der Waals surface area contributed by atoms with Crippen molar-refractivity contribution in [2.24, 2.45) is 11.8 Å². The number of nitrogens with zero attached hydrogens (tertiary/aromatic N) is 1. The normalized spacial score (nSPS) is 19.2. The lowest BCUT2D eigenvalue weighted by molar-refractivity contribution is -0.144. The van der Waals surface area contributed by atoms with Gasteiger partial charge in [0.15, 0.2) is 0 Å². The zero-order chi connectivity index (χ0) is 15.7. The lowest BCUT2D eigenvalue weighted by Crippen LogP contribution is -2.58. The molecule has 1 saturated heterocycles. The van der Waals surface area contributed by atoms with Gasteiger partial charge >= 0.3 is 6.03 Å². The largest absolute Gasteiger partial charge is 0.331 e. The molecule has 1 aromatic rings. The van der Waals surface area contributed by atoms with Crippen molar-refractivity contribution in [2.75, 3.05) is 0 Å². The number of urea groups is 1. The Morgan fingerprint density at radius 2 is 1.90 bits per heavy atom. The summed E-state index contributed by atoms with van der Waals surface area (Å²) >= 11 is 0. The fraction of sp³-hybridized carbons (Fsp3) is 0.357. The lowest BCUT2D eigenvalue weighted by atomic mass is 9.92. The molecule has 0 spiro atoms. The minimum atomic E-state index is -0.994. The molecule has 7 heteroatoms. The SMILES string of the molecule is CC(C)C1C(=O)NC(=O)N(Cc2ccc(F)cc2F)C1=O. The fourth-order valence-electron chi connectivity index (χ4n) is 2.19. The topological polar surface area (TPSA) is 66.5 Å². The summed E-state index contributed by atoms with van der Waals surface area (Å²) in [5.41, 5.74) is -0.00300. The van der Waals surface area contributed by atoms with Gasteiger partial charge in [-0.2, -0.15) is 0 Å². The third-order valence-electron chi connectivity index (χ3n) is 3.30. The average Bonchev–Trinajstić information content (AvgIpc) is 2.35. The summed E-state index contributed by atoms with van der Waals surface area (Å²) in [5.74, 6) is -4.23. The number of benzene rings is 1. The van der Waals surface area contributed by atoms with E-state index < -0.39 is 35.4 Å². The standard InChI is InChI=1S/C14H14F2N2O3/c1-7(2)11-12(19)17-14(21)18(13(11)20)6-8-3-4-9(15)5-10(8)16/h3-5,7,11H,6H2,1-2H3,(H,17,19,21). The van der Waals surface area contributed by atoms with E-state index in [9.17, 15) is 23.2 Å². The average molecular weight is 296 g/mol. The minimum Gasteiger partial charge on any atom is -0.277 e. The zero-order valence-corrected chi connectivity index (χ0v) is 11.5. The Bertz CT molecular complexity index is 616. The minimum absolute atomic E-state index is 0.00300. The molecule has 4 amide bonds. The molecular weight excluding hydrogens is 282 g/mol. The Labute approximate surface area is 119 Å². The van der Waals surface area contributed by atoms with E-state index in [1.54, 1.807) is 13.8 Å². The van der Waals surface area contributed by atoms with Crippen LogP contribution in [0.15, 0.2) is 18.2 Å². The van der Waals surface area contributed by atoms with Gasteiger partial charge in [0.1, 0.15) is 17.6 Å². The van der Waals surface area contributed by atoms with Crippen LogP contribution in [-0.4, -0.2) is 22.7 Å². The van der Waals surface area contributed by atoms with Gasteiger partial charge in [-0.3, -0.25) is 19.8 Å². The van der Waals surface area contributed by atoms with Gasteiger partial charge in [0.25, 0.3) is 0 Å². The van der Waals surface area contributed by atoms with E-state index in [1.807, 2.05) is 0 Å². The molecular formula is C14H14F2N2O3. The summed E-state index contributed by atoms with van der Waals surface area (Å²) in [6.45, 7) is 3.00. The number of hydrogen-bond acceptors (Lipinski definition) is 3. The second-order valence-electron chi connectivity index (χ2n) is 5.18. The van der Waals surface area contributed by atoms with Gasteiger partial charge in [0, 0.05) is 11.6 Å². The molecule has 1 atom stereocenters. The predicted octanol–water partition coefficient (Wildman–Crippen LogP) is 1.82. The maximum Gasteiger partial charge on any atom is 0.331 e. The molecule has 21 heavy (non-hydrogen) atoms. The van der Waals surface area contributed by atoms with Crippen LogP contribution in [0.4, 0.5) is 13.6 Å². The highest BCUT2D eigenvalue weighted by Gasteiger charge is 2.42. The quantitative estimate of drug-likeness (QED) is 0.865. The van der Waals surface area contributed by atoms with Crippen molar-refractivity contribution >= 4 is 17.8 Å². The third-order valence-corrected chi connectivity index (χ3v) is 3.30. The highest BCUT2D eigenvalue weighted by Crippen LogP contribution is 2.21. The lowest BCUT2D eigenvalue weighted by Gasteiger charge is -2.31.